The van der Waals surface area contributed by atoms with Crippen molar-refractivity contribution in [3.05, 3.63) is 23.8 Å². The molecule has 1 aliphatic carbocycles. The third kappa shape index (κ3) is 8.12. The van der Waals surface area contributed by atoms with Gasteiger partial charge in [0.05, 0.1) is 19.8 Å². The van der Waals surface area contributed by atoms with E-state index >= 15 is 0 Å². The predicted octanol–water partition coefficient (Wildman–Crippen LogP) is 2.83. The van der Waals surface area contributed by atoms with Crippen LogP contribution in [0.2, 0.25) is 0 Å². The first-order valence-electron chi connectivity index (χ1n) is 9.73. The molecule has 0 radical (unpaired) electrons. The second-order valence-corrected chi connectivity index (χ2v) is 6.58. The fraction of sp³-hybridized carbons (Fsp3) is 0.600. The van der Waals surface area contributed by atoms with Gasteiger partial charge < -0.3 is 25.4 Å². The zero-order valence-corrected chi connectivity index (χ0v) is 19.4. The molecular weight excluding hydrogens is 471 g/mol. The van der Waals surface area contributed by atoms with E-state index in [0.29, 0.717) is 25.6 Å². The lowest BCUT2D eigenvalue weighted by atomic mass is 10.1. The minimum Gasteiger partial charge on any atom is -0.493 e. The van der Waals surface area contributed by atoms with Gasteiger partial charge in [-0.25, -0.2) is 4.99 Å². The van der Waals surface area contributed by atoms with Crippen LogP contribution in [0.5, 0.6) is 11.5 Å². The quantitative estimate of drug-likeness (QED) is 0.209. The van der Waals surface area contributed by atoms with Gasteiger partial charge in [0.25, 0.3) is 0 Å². The second kappa shape index (κ2) is 13.5. The predicted molar refractivity (Wildman–Crippen MR) is 123 cm³/mol. The molecule has 0 aromatic heterocycles. The highest BCUT2D eigenvalue weighted by atomic mass is 127. The number of benzene rings is 1. The number of amides is 1. The summed E-state index contributed by atoms with van der Waals surface area (Å²) in [5.41, 5.74) is 1.00. The third-order valence-corrected chi connectivity index (χ3v) is 4.41. The molecule has 2 rings (SSSR count). The third-order valence-electron chi connectivity index (χ3n) is 4.41. The lowest BCUT2D eigenvalue weighted by Crippen LogP contribution is -2.41. The van der Waals surface area contributed by atoms with Gasteiger partial charge in [-0.15, -0.1) is 24.0 Å². The van der Waals surface area contributed by atoms with E-state index in [-0.39, 0.29) is 36.0 Å². The number of nitrogens with one attached hydrogen (secondary N) is 3. The van der Waals surface area contributed by atoms with Gasteiger partial charge in [-0.3, -0.25) is 4.79 Å². The van der Waals surface area contributed by atoms with Crippen molar-refractivity contribution in [2.24, 2.45) is 4.99 Å². The van der Waals surface area contributed by atoms with Crippen LogP contribution in [0.3, 0.4) is 0 Å². The highest BCUT2D eigenvalue weighted by Gasteiger charge is 2.20. The molecule has 1 aliphatic rings. The largest absolute Gasteiger partial charge is 0.493 e. The van der Waals surface area contributed by atoms with Crippen molar-refractivity contribution in [1.29, 1.82) is 0 Å². The van der Waals surface area contributed by atoms with Crippen molar-refractivity contribution >= 4 is 35.8 Å². The normalized spacial score (nSPS) is 14.2. The number of nitrogens with zero attached hydrogens (tertiary/aromatic N) is 1. The van der Waals surface area contributed by atoms with Gasteiger partial charge in [0.1, 0.15) is 0 Å². The molecule has 8 heteroatoms. The molecule has 0 bridgehead atoms. The maximum Gasteiger partial charge on any atom is 0.216 e. The maximum atomic E-state index is 11.0. The first kappa shape index (κ1) is 24.3. The average Bonchev–Trinajstić information content (AvgIpc) is 3.17. The smallest absolute Gasteiger partial charge is 0.216 e. The van der Waals surface area contributed by atoms with Crippen LogP contribution in [0.4, 0.5) is 0 Å². The van der Waals surface area contributed by atoms with E-state index in [0.717, 1.165) is 36.4 Å². The van der Waals surface area contributed by atoms with E-state index in [1.807, 2.05) is 25.1 Å². The fourth-order valence-corrected chi connectivity index (χ4v) is 3.08. The van der Waals surface area contributed by atoms with E-state index < -0.39 is 0 Å². The lowest BCUT2D eigenvalue weighted by molar-refractivity contribution is -0.118. The van der Waals surface area contributed by atoms with Crippen LogP contribution in [0.25, 0.3) is 0 Å². The highest BCUT2D eigenvalue weighted by Crippen LogP contribution is 2.35. The number of aliphatic imine (C=N–C) groups is 1. The second-order valence-electron chi connectivity index (χ2n) is 6.58. The van der Waals surface area contributed by atoms with Gasteiger partial charge in [-0.05, 0) is 38.7 Å². The topological polar surface area (TPSA) is 84.0 Å². The number of guanidine groups is 1. The summed E-state index contributed by atoms with van der Waals surface area (Å²) in [6.45, 7) is 5.92. The minimum atomic E-state index is -0.0381. The Morgan fingerprint density at radius 1 is 1.18 bits per heavy atom. The van der Waals surface area contributed by atoms with Crippen molar-refractivity contribution < 1.29 is 14.3 Å². The molecule has 28 heavy (non-hydrogen) atoms. The summed E-state index contributed by atoms with van der Waals surface area (Å²) < 4.78 is 11.8. The molecule has 3 N–H and O–H groups in total. The van der Waals surface area contributed by atoms with Crippen molar-refractivity contribution in [2.45, 2.75) is 52.2 Å². The summed E-state index contributed by atoms with van der Waals surface area (Å²) >= 11 is 0. The molecule has 0 aliphatic heterocycles. The van der Waals surface area contributed by atoms with Crippen LogP contribution < -0.4 is 25.4 Å². The van der Waals surface area contributed by atoms with Gasteiger partial charge in [-0.1, -0.05) is 12.1 Å². The fourth-order valence-electron chi connectivity index (χ4n) is 3.08. The van der Waals surface area contributed by atoms with Crippen LogP contribution >= 0.6 is 24.0 Å². The van der Waals surface area contributed by atoms with Gasteiger partial charge in [0.15, 0.2) is 17.5 Å². The Morgan fingerprint density at radius 3 is 2.54 bits per heavy atom. The van der Waals surface area contributed by atoms with Crippen LogP contribution in [-0.2, 0) is 11.3 Å². The molecule has 0 heterocycles. The Bertz CT molecular complexity index is 634. The number of rotatable bonds is 9. The molecule has 1 saturated carbocycles. The highest BCUT2D eigenvalue weighted by molar-refractivity contribution is 14.0. The summed E-state index contributed by atoms with van der Waals surface area (Å²) in [6, 6.07) is 5.91. The van der Waals surface area contributed by atoms with Crippen LogP contribution in [-0.4, -0.2) is 44.7 Å². The standard InChI is InChI=1S/C20H32N4O3.HI/c1-4-21-20(23-13-12-22-15(2)25)24-14-16-8-7-11-18(26-3)19(16)27-17-9-5-6-10-17;/h7-8,11,17H,4-6,9-10,12-14H2,1-3H3,(H,22,25)(H2,21,23,24);1H. The lowest BCUT2D eigenvalue weighted by Gasteiger charge is -2.19. The van der Waals surface area contributed by atoms with Crippen molar-refractivity contribution in [3.63, 3.8) is 0 Å². The molecule has 1 aromatic rings. The van der Waals surface area contributed by atoms with Crippen LogP contribution in [0.15, 0.2) is 23.2 Å². The summed E-state index contributed by atoms with van der Waals surface area (Å²) in [5.74, 6) is 2.21. The number of carbonyl (C=O) groups excluding carboxylic acids is 1. The van der Waals surface area contributed by atoms with E-state index in [2.05, 4.69) is 20.9 Å². The monoisotopic (exact) mass is 504 g/mol. The zero-order chi connectivity index (χ0) is 19.5. The Morgan fingerprint density at radius 2 is 1.89 bits per heavy atom. The van der Waals surface area contributed by atoms with Crippen molar-refractivity contribution in [1.82, 2.24) is 16.0 Å². The first-order valence-corrected chi connectivity index (χ1v) is 9.73. The number of hydrogen-bond acceptors (Lipinski definition) is 4. The Balaban J connectivity index is 0.00000392. The molecule has 0 unspecified atom stereocenters. The SMILES string of the molecule is CCNC(=NCc1cccc(OC)c1OC1CCCC1)NCCNC(C)=O.I. The Labute approximate surface area is 185 Å². The summed E-state index contributed by atoms with van der Waals surface area (Å²) in [4.78, 5) is 15.6. The molecule has 0 saturated heterocycles. The molecule has 7 nitrogen and oxygen atoms in total. The molecule has 158 valence electrons. The molecule has 0 atom stereocenters. The van der Waals surface area contributed by atoms with E-state index in [9.17, 15) is 4.79 Å². The molecule has 1 amide bonds. The zero-order valence-electron chi connectivity index (χ0n) is 17.0. The first-order chi connectivity index (χ1) is 13.1. The summed E-state index contributed by atoms with van der Waals surface area (Å²) in [5, 5.41) is 9.20. The van der Waals surface area contributed by atoms with E-state index in [1.54, 1.807) is 7.11 Å². The Hall–Kier alpha value is -1.71. The number of methoxy groups -OCH3 is 1. The maximum absolute atomic E-state index is 11.0. The van der Waals surface area contributed by atoms with Crippen molar-refractivity contribution in [3.8, 4) is 11.5 Å². The number of hydrogen-bond donors (Lipinski definition) is 3. The summed E-state index contributed by atoms with van der Waals surface area (Å²) in [6.07, 6.45) is 4.88. The van der Waals surface area contributed by atoms with Gasteiger partial charge in [0.2, 0.25) is 5.91 Å². The molecule has 1 aromatic carbocycles. The van der Waals surface area contributed by atoms with Gasteiger partial charge in [-0.2, -0.15) is 0 Å². The van der Waals surface area contributed by atoms with E-state index in [4.69, 9.17) is 9.47 Å². The molecule has 0 spiro atoms. The summed E-state index contributed by atoms with van der Waals surface area (Å²) in [7, 11) is 1.66. The number of ether oxygens (including phenoxy) is 2. The number of carbonyl (C=O) groups is 1. The average molecular weight is 504 g/mol. The van der Waals surface area contributed by atoms with Crippen LogP contribution in [0, 0.1) is 0 Å². The number of para-hydroxylation sites is 1. The van der Waals surface area contributed by atoms with Gasteiger partial charge >= 0.3 is 0 Å². The van der Waals surface area contributed by atoms with Gasteiger partial charge in [0, 0.05) is 32.1 Å². The molecular formula is C20H33IN4O3. The van der Waals surface area contributed by atoms with E-state index in [1.165, 1.54) is 19.8 Å². The number of halogens is 1. The Kier molecular flexibility index (Phi) is 11.7. The molecule has 1 fully saturated rings. The van der Waals surface area contributed by atoms with Crippen molar-refractivity contribution in [2.75, 3.05) is 26.7 Å². The van der Waals surface area contributed by atoms with Crippen LogP contribution in [0.1, 0.15) is 45.1 Å². The minimum absolute atomic E-state index is 0.